The van der Waals surface area contributed by atoms with Crippen LogP contribution in [0.2, 0.25) is 0 Å². The van der Waals surface area contributed by atoms with E-state index in [0.717, 1.165) is 22.6 Å². The van der Waals surface area contributed by atoms with Crippen molar-refractivity contribution in [1.82, 2.24) is 4.98 Å². The Bertz CT molecular complexity index is 905. The Morgan fingerprint density at radius 1 is 1.16 bits per heavy atom. The lowest BCUT2D eigenvalue weighted by molar-refractivity contribution is -0.384. The molecule has 0 saturated carbocycles. The fourth-order valence-electron chi connectivity index (χ4n) is 2.37. The van der Waals surface area contributed by atoms with E-state index in [1.165, 1.54) is 35.6 Å². The minimum Gasteiger partial charge on any atom is -0.298 e. The normalized spacial score (nSPS) is 10.4. The number of nitrogens with one attached hydrogen (secondary N) is 1. The Labute approximate surface area is 148 Å². The van der Waals surface area contributed by atoms with E-state index in [-0.39, 0.29) is 11.6 Å². The number of carbonyl (C=O) groups is 1. The summed E-state index contributed by atoms with van der Waals surface area (Å²) in [6.45, 7) is 2.04. The molecule has 0 fully saturated rings. The summed E-state index contributed by atoms with van der Waals surface area (Å²) in [5, 5.41) is 14.0. The smallest absolute Gasteiger partial charge is 0.269 e. The standard InChI is InChI=1S/C18H15N3O3S/c1-2-15-16(12-6-4-3-5-7-12)19-18(25-15)20-17(22)13-8-10-14(11-9-13)21(23)24/h3-11H,2H2,1H3,(H,19,20,22). The van der Waals surface area contributed by atoms with Gasteiger partial charge in [0.15, 0.2) is 5.13 Å². The first-order chi connectivity index (χ1) is 12.1. The van der Waals surface area contributed by atoms with Gasteiger partial charge < -0.3 is 0 Å². The summed E-state index contributed by atoms with van der Waals surface area (Å²) in [6, 6.07) is 15.3. The number of amides is 1. The number of non-ortho nitro benzene ring substituents is 1. The SMILES string of the molecule is CCc1sc(NC(=O)c2ccc([N+](=O)[O-])cc2)nc1-c1ccccc1. The van der Waals surface area contributed by atoms with E-state index in [2.05, 4.69) is 10.3 Å². The van der Waals surface area contributed by atoms with Crippen LogP contribution in [0.3, 0.4) is 0 Å². The fraction of sp³-hybridized carbons (Fsp3) is 0.111. The minimum atomic E-state index is -0.498. The Morgan fingerprint density at radius 2 is 1.84 bits per heavy atom. The molecule has 1 aromatic heterocycles. The molecule has 25 heavy (non-hydrogen) atoms. The zero-order valence-corrected chi connectivity index (χ0v) is 14.2. The van der Waals surface area contributed by atoms with Gasteiger partial charge in [0.2, 0.25) is 0 Å². The predicted molar refractivity (Wildman–Crippen MR) is 98.0 cm³/mol. The number of hydrogen-bond donors (Lipinski definition) is 1. The molecule has 0 unspecified atom stereocenters. The van der Waals surface area contributed by atoms with Crippen molar-refractivity contribution in [2.75, 3.05) is 5.32 Å². The second-order valence-electron chi connectivity index (χ2n) is 5.27. The molecule has 0 aliphatic carbocycles. The Kier molecular flexibility index (Phi) is 4.85. The van der Waals surface area contributed by atoms with E-state index in [0.29, 0.717) is 10.7 Å². The zero-order chi connectivity index (χ0) is 17.8. The third-order valence-electron chi connectivity index (χ3n) is 3.63. The lowest BCUT2D eigenvalue weighted by atomic mass is 10.1. The molecule has 1 amide bonds. The summed E-state index contributed by atoms with van der Waals surface area (Å²) < 4.78 is 0. The molecule has 1 heterocycles. The van der Waals surface area contributed by atoms with Crippen LogP contribution in [0, 0.1) is 10.1 Å². The van der Waals surface area contributed by atoms with Crippen LogP contribution in [-0.2, 0) is 6.42 Å². The van der Waals surface area contributed by atoms with Crippen molar-refractivity contribution in [2.24, 2.45) is 0 Å². The Morgan fingerprint density at radius 3 is 2.44 bits per heavy atom. The first-order valence-corrected chi connectivity index (χ1v) is 8.51. The van der Waals surface area contributed by atoms with Crippen molar-refractivity contribution in [2.45, 2.75) is 13.3 Å². The number of hydrogen-bond acceptors (Lipinski definition) is 5. The maximum absolute atomic E-state index is 12.3. The molecular weight excluding hydrogens is 338 g/mol. The highest BCUT2D eigenvalue weighted by atomic mass is 32.1. The molecule has 3 aromatic rings. The number of nitro groups is 1. The van der Waals surface area contributed by atoms with Gasteiger partial charge in [-0.15, -0.1) is 11.3 Å². The molecule has 0 atom stereocenters. The highest BCUT2D eigenvalue weighted by molar-refractivity contribution is 7.16. The molecule has 7 heteroatoms. The molecular formula is C18H15N3O3S. The average Bonchev–Trinajstić information content (AvgIpc) is 3.05. The van der Waals surface area contributed by atoms with Gasteiger partial charge in [-0.2, -0.15) is 0 Å². The molecule has 126 valence electrons. The van der Waals surface area contributed by atoms with Crippen LogP contribution >= 0.6 is 11.3 Å². The molecule has 0 spiro atoms. The number of thiazole rings is 1. The third-order valence-corrected chi connectivity index (χ3v) is 4.74. The van der Waals surface area contributed by atoms with Gasteiger partial charge in [0.05, 0.1) is 10.6 Å². The minimum absolute atomic E-state index is 0.0505. The van der Waals surface area contributed by atoms with Gasteiger partial charge in [0, 0.05) is 28.1 Å². The lowest BCUT2D eigenvalue weighted by Gasteiger charge is -2.01. The van der Waals surface area contributed by atoms with Crippen LogP contribution in [0.4, 0.5) is 10.8 Å². The first kappa shape index (κ1) is 16.8. The van der Waals surface area contributed by atoms with Crippen molar-refractivity contribution in [3.8, 4) is 11.3 Å². The van der Waals surface area contributed by atoms with Crippen molar-refractivity contribution in [1.29, 1.82) is 0 Å². The quantitative estimate of drug-likeness (QED) is 0.539. The number of anilines is 1. The average molecular weight is 353 g/mol. The summed E-state index contributed by atoms with van der Waals surface area (Å²) in [7, 11) is 0. The van der Waals surface area contributed by atoms with Crippen LogP contribution in [0.15, 0.2) is 54.6 Å². The summed E-state index contributed by atoms with van der Waals surface area (Å²) in [6.07, 6.45) is 0.815. The summed E-state index contributed by atoms with van der Waals surface area (Å²) in [5.74, 6) is -0.342. The van der Waals surface area contributed by atoms with Crippen LogP contribution in [0.25, 0.3) is 11.3 Å². The van der Waals surface area contributed by atoms with Gasteiger partial charge in [-0.1, -0.05) is 37.3 Å². The summed E-state index contributed by atoms with van der Waals surface area (Å²) in [5.41, 5.74) is 2.17. The topological polar surface area (TPSA) is 85.1 Å². The van der Waals surface area contributed by atoms with Crippen molar-refractivity contribution in [3.05, 3.63) is 75.2 Å². The van der Waals surface area contributed by atoms with Crippen LogP contribution in [-0.4, -0.2) is 15.8 Å². The molecule has 0 bridgehead atoms. The molecule has 1 N–H and O–H groups in total. The maximum atomic E-state index is 12.3. The van der Waals surface area contributed by atoms with E-state index in [4.69, 9.17) is 0 Å². The van der Waals surface area contributed by atoms with E-state index >= 15 is 0 Å². The number of aryl methyl sites for hydroxylation is 1. The van der Waals surface area contributed by atoms with E-state index in [1.807, 2.05) is 37.3 Å². The zero-order valence-electron chi connectivity index (χ0n) is 13.4. The Balaban J connectivity index is 1.82. The van der Waals surface area contributed by atoms with Gasteiger partial charge in [0.1, 0.15) is 0 Å². The van der Waals surface area contributed by atoms with Gasteiger partial charge in [-0.3, -0.25) is 20.2 Å². The van der Waals surface area contributed by atoms with E-state index in [1.54, 1.807) is 0 Å². The second kappa shape index (κ2) is 7.23. The molecule has 0 saturated heterocycles. The summed E-state index contributed by atoms with van der Waals surface area (Å²) >= 11 is 1.43. The van der Waals surface area contributed by atoms with Crippen LogP contribution in [0.5, 0.6) is 0 Å². The summed E-state index contributed by atoms with van der Waals surface area (Å²) in [4.78, 5) is 28.1. The van der Waals surface area contributed by atoms with Gasteiger partial charge >= 0.3 is 0 Å². The fourth-order valence-corrected chi connectivity index (χ4v) is 3.29. The second-order valence-corrected chi connectivity index (χ2v) is 6.35. The van der Waals surface area contributed by atoms with Crippen molar-refractivity contribution < 1.29 is 9.72 Å². The number of nitro benzene ring substituents is 1. The molecule has 0 aliphatic rings. The molecule has 0 radical (unpaired) electrons. The van der Waals surface area contributed by atoms with Crippen molar-refractivity contribution >= 4 is 28.1 Å². The maximum Gasteiger partial charge on any atom is 0.269 e. The van der Waals surface area contributed by atoms with Crippen LogP contribution in [0.1, 0.15) is 22.2 Å². The largest absolute Gasteiger partial charge is 0.298 e. The van der Waals surface area contributed by atoms with Gasteiger partial charge in [-0.25, -0.2) is 4.98 Å². The van der Waals surface area contributed by atoms with Crippen molar-refractivity contribution in [3.63, 3.8) is 0 Å². The number of aromatic nitrogens is 1. The monoisotopic (exact) mass is 353 g/mol. The highest BCUT2D eigenvalue weighted by Gasteiger charge is 2.15. The number of carbonyl (C=O) groups excluding carboxylic acids is 1. The Hall–Kier alpha value is -3.06. The molecule has 3 rings (SSSR count). The number of benzene rings is 2. The lowest BCUT2D eigenvalue weighted by Crippen LogP contribution is -2.11. The highest BCUT2D eigenvalue weighted by Crippen LogP contribution is 2.31. The predicted octanol–water partition coefficient (Wildman–Crippen LogP) is 4.53. The van der Waals surface area contributed by atoms with E-state index < -0.39 is 4.92 Å². The van der Waals surface area contributed by atoms with Gasteiger partial charge in [0.25, 0.3) is 11.6 Å². The molecule has 6 nitrogen and oxygen atoms in total. The van der Waals surface area contributed by atoms with Gasteiger partial charge in [-0.05, 0) is 18.6 Å². The molecule has 0 aliphatic heterocycles. The number of rotatable bonds is 5. The van der Waals surface area contributed by atoms with E-state index in [9.17, 15) is 14.9 Å². The first-order valence-electron chi connectivity index (χ1n) is 7.69. The third kappa shape index (κ3) is 3.72. The van der Waals surface area contributed by atoms with Crippen LogP contribution < -0.4 is 5.32 Å². The number of nitrogens with zero attached hydrogens (tertiary/aromatic N) is 2. The molecule has 2 aromatic carbocycles.